The Morgan fingerprint density at radius 1 is 1.25 bits per heavy atom. The van der Waals surface area contributed by atoms with E-state index >= 15 is 0 Å². The largest absolute Gasteiger partial charge is 0.381 e. The molecular weight excluding hydrogens is 304 g/mol. The summed E-state index contributed by atoms with van der Waals surface area (Å²) < 4.78 is 5.48. The minimum atomic E-state index is -0.138. The average Bonchev–Trinajstić information content (AvgIpc) is 2.81. The lowest BCUT2D eigenvalue weighted by atomic mass is 9.75. The van der Waals surface area contributed by atoms with E-state index in [9.17, 15) is 9.59 Å². The monoisotopic (exact) mass is 334 g/mol. The Hall–Kier alpha value is -1.62. The number of nitrogens with one attached hydrogen (secondary N) is 2. The number of ether oxygens (including phenoxy) is 1. The van der Waals surface area contributed by atoms with E-state index in [-0.39, 0.29) is 17.1 Å². The lowest BCUT2D eigenvalue weighted by Crippen LogP contribution is -2.26. The van der Waals surface area contributed by atoms with Crippen LogP contribution in [0, 0.1) is 12.3 Å². The Morgan fingerprint density at radius 2 is 1.96 bits per heavy atom. The predicted octanol–water partition coefficient (Wildman–Crippen LogP) is 3.41. The Kier molecular flexibility index (Phi) is 6.21. The molecular formula is C19H30N2O3. The second kappa shape index (κ2) is 7.97. The van der Waals surface area contributed by atoms with E-state index in [0.717, 1.165) is 49.1 Å². The van der Waals surface area contributed by atoms with E-state index in [1.807, 2.05) is 6.92 Å². The molecule has 0 saturated heterocycles. The molecule has 0 radical (unpaired) electrons. The number of unbranched alkanes of at least 4 members (excludes halogenated alkanes) is 1. The second-order valence-electron chi connectivity index (χ2n) is 7.49. The molecule has 0 saturated carbocycles. The number of amides is 1. The Morgan fingerprint density at radius 3 is 2.67 bits per heavy atom. The number of aromatic amines is 1. The summed E-state index contributed by atoms with van der Waals surface area (Å²) in [6.07, 6.45) is 4.33. The number of Topliss-reactive ketones (excluding diaryl/α,β-unsaturated/α-hetero) is 1. The minimum absolute atomic E-state index is 0.0506. The quantitative estimate of drug-likeness (QED) is 0.716. The van der Waals surface area contributed by atoms with Crippen LogP contribution in [0.25, 0.3) is 0 Å². The summed E-state index contributed by atoms with van der Waals surface area (Å²) in [6, 6.07) is 0. The highest BCUT2D eigenvalue weighted by atomic mass is 16.5. The lowest BCUT2D eigenvalue weighted by molar-refractivity contribution is 0.0908. The van der Waals surface area contributed by atoms with Gasteiger partial charge in [0.15, 0.2) is 5.78 Å². The van der Waals surface area contributed by atoms with E-state index < -0.39 is 0 Å². The highest BCUT2D eigenvalue weighted by Crippen LogP contribution is 2.36. The maximum absolute atomic E-state index is 12.4. The SMILES string of the molecule is CCCCOCCCNC(=O)c1[nH]c2c(c1C)C(=O)CC(C)(C)C2. The molecule has 0 aliphatic heterocycles. The van der Waals surface area contributed by atoms with Gasteiger partial charge in [-0.15, -0.1) is 0 Å². The van der Waals surface area contributed by atoms with Crippen LogP contribution in [0.4, 0.5) is 0 Å². The highest BCUT2D eigenvalue weighted by molar-refractivity contribution is 6.04. The smallest absolute Gasteiger partial charge is 0.268 e. The molecule has 1 aromatic rings. The number of carbonyl (C=O) groups is 2. The van der Waals surface area contributed by atoms with Crippen molar-refractivity contribution in [2.45, 2.75) is 59.8 Å². The van der Waals surface area contributed by atoms with Crippen LogP contribution in [-0.4, -0.2) is 36.4 Å². The van der Waals surface area contributed by atoms with Crippen molar-refractivity contribution in [1.29, 1.82) is 0 Å². The maximum atomic E-state index is 12.4. The van der Waals surface area contributed by atoms with Gasteiger partial charge in [-0.2, -0.15) is 0 Å². The first-order valence-corrected chi connectivity index (χ1v) is 8.96. The van der Waals surface area contributed by atoms with Crippen molar-refractivity contribution < 1.29 is 14.3 Å². The summed E-state index contributed by atoms with van der Waals surface area (Å²) in [5.74, 6) is -0.000520. The fraction of sp³-hybridized carbons (Fsp3) is 0.684. The Labute approximate surface area is 144 Å². The van der Waals surface area contributed by atoms with Crippen molar-refractivity contribution in [3.05, 3.63) is 22.5 Å². The van der Waals surface area contributed by atoms with Gasteiger partial charge in [-0.3, -0.25) is 9.59 Å². The minimum Gasteiger partial charge on any atom is -0.381 e. The van der Waals surface area contributed by atoms with Gasteiger partial charge < -0.3 is 15.0 Å². The fourth-order valence-electron chi connectivity index (χ4n) is 3.27. The molecule has 1 aliphatic rings. The molecule has 0 fully saturated rings. The van der Waals surface area contributed by atoms with E-state index in [1.165, 1.54) is 0 Å². The maximum Gasteiger partial charge on any atom is 0.268 e. The van der Waals surface area contributed by atoms with E-state index in [4.69, 9.17) is 4.74 Å². The summed E-state index contributed by atoms with van der Waals surface area (Å²) in [7, 11) is 0. The number of hydrogen-bond acceptors (Lipinski definition) is 3. The molecule has 0 bridgehead atoms. The van der Waals surface area contributed by atoms with E-state index in [0.29, 0.717) is 25.3 Å². The van der Waals surface area contributed by atoms with Gasteiger partial charge >= 0.3 is 0 Å². The van der Waals surface area contributed by atoms with Gasteiger partial charge in [0.05, 0.1) is 0 Å². The molecule has 5 heteroatoms. The summed E-state index contributed by atoms with van der Waals surface area (Å²) >= 11 is 0. The molecule has 1 aliphatic carbocycles. The van der Waals surface area contributed by atoms with Crippen molar-refractivity contribution in [3.8, 4) is 0 Å². The fourth-order valence-corrected chi connectivity index (χ4v) is 3.27. The first kappa shape index (κ1) is 18.7. The standard InChI is InChI=1S/C19H30N2O3/c1-5-6-9-24-10-7-8-20-18(23)17-13(2)16-14(21-17)11-19(3,4)12-15(16)22/h21H,5-12H2,1-4H3,(H,20,23). The zero-order chi connectivity index (χ0) is 17.7. The van der Waals surface area contributed by atoms with Gasteiger partial charge in [0.1, 0.15) is 5.69 Å². The second-order valence-corrected chi connectivity index (χ2v) is 7.49. The van der Waals surface area contributed by atoms with Gasteiger partial charge in [0.2, 0.25) is 0 Å². The van der Waals surface area contributed by atoms with Crippen LogP contribution in [0.3, 0.4) is 0 Å². The Balaban J connectivity index is 1.91. The van der Waals surface area contributed by atoms with Crippen molar-refractivity contribution >= 4 is 11.7 Å². The number of carbonyl (C=O) groups excluding carboxylic acids is 2. The highest BCUT2D eigenvalue weighted by Gasteiger charge is 2.35. The molecule has 5 nitrogen and oxygen atoms in total. The van der Waals surface area contributed by atoms with Gasteiger partial charge in [0.25, 0.3) is 5.91 Å². The molecule has 1 heterocycles. The summed E-state index contributed by atoms with van der Waals surface area (Å²) in [5, 5.41) is 2.91. The molecule has 0 aromatic carbocycles. The Bertz CT molecular complexity index is 602. The summed E-state index contributed by atoms with van der Waals surface area (Å²) in [5.41, 5.74) is 2.88. The van der Waals surface area contributed by atoms with Crippen molar-refractivity contribution in [1.82, 2.24) is 10.3 Å². The normalized spacial score (nSPS) is 16.1. The van der Waals surface area contributed by atoms with Gasteiger partial charge in [-0.25, -0.2) is 0 Å². The number of rotatable bonds is 8. The van der Waals surface area contributed by atoms with Crippen LogP contribution in [-0.2, 0) is 11.2 Å². The summed E-state index contributed by atoms with van der Waals surface area (Å²) in [6.45, 7) is 10.2. The van der Waals surface area contributed by atoms with Crippen LogP contribution in [0.15, 0.2) is 0 Å². The molecule has 2 N–H and O–H groups in total. The topological polar surface area (TPSA) is 71.2 Å². The van der Waals surface area contributed by atoms with Crippen LogP contribution >= 0.6 is 0 Å². The van der Waals surface area contributed by atoms with Crippen LogP contribution in [0.2, 0.25) is 0 Å². The first-order valence-electron chi connectivity index (χ1n) is 8.96. The average molecular weight is 334 g/mol. The lowest BCUT2D eigenvalue weighted by Gasteiger charge is -2.28. The molecule has 1 amide bonds. The molecule has 0 spiro atoms. The number of fused-ring (bicyclic) bond motifs is 1. The van der Waals surface area contributed by atoms with Crippen molar-refractivity contribution in [2.75, 3.05) is 19.8 Å². The zero-order valence-electron chi connectivity index (χ0n) is 15.4. The molecule has 1 aromatic heterocycles. The third-order valence-corrected chi connectivity index (χ3v) is 4.52. The van der Waals surface area contributed by atoms with Gasteiger partial charge in [-0.1, -0.05) is 27.2 Å². The van der Waals surface area contributed by atoms with Crippen LogP contribution in [0.5, 0.6) is 0 Å². The third-order valence-electron chi connectivity index (χ3n) is 4.52. The van der Waals surface area contributed by atoms with Crippen molar-refractivity contribution in [2.24, 2.45) is 5.41 Å². The third kappa shape index (κ3) is 4.47. The molecule has 24 heavy (non-hydrogen) atoms. The number of ketones is 1. The van der Waals surface area contributed by atoms with Crippen LogP contribution in [0.1, 0.15) is 78.6 Å². The first-order chi connectivity index (χ1) is 11.4. The molecule has 0 unspecified atom stereocenters. The number of aromatic nitrogens is 1. The number of hydrogen-bond donors (Lipinski definition) is 2. The zero-order valence-corrected chi connectivity index (χ0v) is 15.4. The summed E-state index contributed by atoms with van der Waals surface area (Å²) in [4.78, 5) is 28.0. The van der Waals surface area contributed by atoms with Crippen LogP contribution < -0.4 is 5.32 Å². The van der Waals surface area contributed by atoms with Crippen molar-refractivity contribution in [3.63, 3.8) is 0 Å². The predicted molar refractivity (Wildman–Crippen MR) is 94.6 cm³/mol. The van der Waals surface area contributed by atoms with Gasteiger partial charge in [0, 0.05) is 37.4 Å². The molecule has 0 atom stereocenters. The number of H-pyrrole nitrogens is 1. The van der Waals surface area contributed by atoms with E-state index in [1.54, 1.807) is 0 Å². The molecule has 134 valence electrons. The molecule has 2 rings (SSSR count). The van der Waals surface area contributed by atoms with E-state index in [2.05, 4.69) is 31.1 Å². The van der Waals surface area contributed by atoms with Gasteiger partial charge in [-0.05, 0) is 37.2 Å².